The largest absolute Gasteiger partial charge is 0.875 e. The van der Waals surface area contributed by atoms with Crippen LogP contribution in [0.5, 0.6) is 0 Å². The first kappa shape index (κ1) is 8.59. The van der Waals surface area contributed by atoms with Crippen molar-refractivity contribution in [1.82, 2.24) is 0 Å². The van der Waals surface area contributed by atoms with E-state index in [1.807, 2.05) is 0 Å². The number of hydrogen-bond donors (Lipinski definition) is 0. The summed E-state index contributed by atoms with van der Waals surface area (Å²) < 4.78 is 4.49. The van der Waals surface area contributed by atoms with Gasteiger partial charge in [-0.15, -0.1) is 5.76 Å². The summed E-state index contributed by atoms with van der Waals surface area (Å²) in [5.74, 6) is -0.592. The minimum atomic E-state index is -0.467. The van der Waals surface area contributed by atoms with Crippen LogP contribution in [0.2, 0.25) is 0 Å². The van der Waals surface area contributed by atoms with E-state index >= 15 is 0 Å². The molecule has 3 nitrogen and oxygen atoms in total. The van der Waals surface area contributed by atoms with E-state index in [-0.39, 0.29) is 5.76 Å². The summed E-state index contributed by atoms with van der Waals surface area (Å²) in [4.78, 5) is 11.0. The average Bonchev–Trinajstić information content (AvgIpc) is 2.50. The molecule has 0 saturated heterocycles. The highest BCUT2D eigenvalue weighted by Crippen LogP contribution is 2.20. The Morgan fingerprint density at radius 1 is 1.58 bits per heavy atom. The van der Waals surface area contributed by atoms with Gasteiger partial charge in [-0.3, -0.25) is 0 Å². The van der Waals surface area contributed by atoms with Crippen LogP contribution in [0.3, 0.4) is 0 Å². The zero-order valence-electron chi connectivity index (χ0n) is 6.96. The van der Waals surface area contributed by atoms with Crippen molar-refractivity contribution in [2.24, 2.45) is 0 Å². The number of hydrogen-bond acceptors (Lipinski definition) is 3. The number of ether oxygens (including phenoxy) is 1. The lowest BCUT2D eigenvalue weighted by Gasteiger charge is -2.10. The lowest BCUT2D eigenvalue weighted by atomic mass is 10.1. The maximum absolute atomic E-state index is 11.0. The van der Waals surface area contributed by atoms with Gasteiger partial charge in [-0.2, -0.15) is 0 Å². The molecule has 0 atom stereocenters. The molecular formula is C9H9O3-. The predicted molar refractivity (Wildman–Crippen MR) is 41.9 cm³/mol. The van der Waals surface area contributed by atoms with E-state index < -0.39 is 5.97 Å². The topological polar surface area (TPSA) is 49.4 Å². The van der Waals surface area contributed by atoms with Gasteiger partial charge in [0.2, 0.25) is 0 Å². The molecule has 1 aliphatic rings. The Labute approximate surface area is 70.7 Å². The number of esters is 1. The SMILES string of the molecule is COC(=O)C1=CC=C/C1=C(/C)[O-]. The van der Waals surface area contributed by atoms with Crippen LogP contribution < -0.4 is 5.11 Å². The van der Waals surface area contributed by atoms with Crippen LogP contribution in [-0.4, -0.2) is 13.1 Å². The van der Waals surface area contributed by atoms with Crippen LogP contribution in [-0.2, 0) is 9.53 Å². The van der Waals surface area contributed by atoms with Gasteiger partial charge in [0, 0.05) is 0 Å². The number of carbonyl (C=O) groups excluding carboxylic acids is 1. The van der Waals surface area contributed by atoms with Gasteiger partial charge in [-0.05, 0) is 11.6 Å². The number of rotatable bonds is 1. The molecule has 0 aromatic rings. The number of allylic oxidation sites excluding steroid dienone is 4. The van der Waals surface area contributed by atoms with E-state index in [9.17, 15) is 9.90 Å². The van der Waals surface area contributed by atoms with Crippen molar-refractivity contribution in [3.63, 3.8) is 0 Å². The van der Waals surface area contributed by atoms with Crippen LogP contribution >= 0.6 is 0 Å². The summed E-state index contributed by atoms with van der Waals surface area (Å²) >= 11 is 0. The van der Waals surface area contributed by atoms with Crippen LogP contribution in [0.15, 0.2) is 35.1 Å². The molecule has 64 valence electrons. The fourth-order valence-electron chi connectivity index (χ4n) is 1.02. The van der Waals surface area contributed by atoms with Gasteiger partial charge < -0.3 is 9.84 Å². The van der Waals surface area contributed by atoms with Gasteiger partial charge in [0.05, 0.1) is 12.7 Å². The molecule has 0 saturated carbocycles. The third-order valence-electron chi connectivity index (χ3n) is 1.60. The predicted octanol–water partition coefficient (Wildman–Crippen LogP) is 0.290. The maximum Gasteiger partial charge on any atom is 0.338 e. The van der Waals surface area contributed by atoms with Crippen molar-refractivity contribution >= 4 is 5.97 Å². The molecule has 1 aliphatic carbocycles. The molecule has 0 N–H and O–H groups in total. The van der Waals surface area contributed by atoms with Crippen molar-refractivity contribution in [2.75, 3.05) is 7.11 Å². The summed E-state index contributed by atoms with van der Waals surface area (Å²) in [6.07, 6.45) is 4.83. The third-order valence-corrected chi connectivity index (χ3v) is 1.60. The van der Waals surface area contributed by atoms with Gasteiger partial charge in [-0.25, -0.2) is 4.79 Å². The molecular weight excluding hydrogens is 156 g/mol. The first-order valence-corrected chi connectivity index (χ1v) is 3.51. The zero-order chi connectivity index (χ0) is 9.14. The van der Waals surface area contributed by atoms with Gasteiger partial charge >= 0.3 is 5.97 Å². The highest BCUT2D eigenvalue weighted by molar-refractivity contribution is 5.96. The molecule has 0 heterocycles. The third kappa shape index (κ3) is 1.39. The molecule has 0 aromatic heterocycles. The monoisotopic (exact) mass is 165 g/mol. The Kier molecular flexibility index (Phi) is 2.33. The average molecular weight is 165 g/mol. The fourth-order valence-corrected chi connectivity index (χ4v) is 1.02. The second-order valence-electron chi connectivity index (χ2n) is 2.40. The summed E-state index contributed by atoms with van der Waals surface area (Å²) in [7, 11) is 1.29. The summed E-state index contributed by atoms with van der Waals surface area (Å²) in [5, 5.41) is 10.9. The quantitative estimate of drug-likeness (QED) is 0.414. The summed E-state index contributed by atoms with van der Waals surface area (Å²) in [6.45, 7) is 1.42. The van der Waals surface area contributed by atoms with Crippen molar-refractivity contribution < 1.29 is 14.6 Å². The highest BCUT2D eigenvalue weighted by atomic mass is 16.5. The molecule has 12 heavy (non-hydrogen) atoms. The lowest BCUT2D eigenvalue weighted by molar-refractivity contribution is -0.302. The van der Waals surface area contributed by atoms with Crippen LogP contribution in [0, 0.1) is 0 Å². The Hall–Kier alpha value is -1.51. The molecule has 0 unspecified atom stereocenters. The highest BCUT2D eigenvalue weighted by Gasteiger charge is 2.14. The molecule has 0 aromatic carbocycles. The molecule has 0 amide bonds. The number of carbonyl (C=O) groups is 1. The maximum atomic E-state index is 11.0. The Morgan fingerprint density at radius 3 is 2.75 bits per heavy atom. The molecule has 0 radical (unpaired) electrons. The van der Waals surface area contributed by atoms with Gasteiger partial charge in [0.1, 0.15) is 0 Å². The normalized spacial score (nSPS) is 19.0. The molecule has 0 spiro atoms. The lowest BCUT2D eigenvalue weighted by Crippen LogP contribution is -2.10. The number of methoxy groups -OCH3 is 1. The molecule has 0 aliphatic heterocycles. The zero-order valence-corrected chi connectivity index (χ0v) is 6.96. The molecule has 1 rings (SSSR count). The Bertz CT molecular complexity index is 291. The van der Waals surface area contributed by atoms with E-state index in [2.05, 4.69) is 4.74 Å². The smallest absolute Gasteiger partial charge is 0.338 e. The molecule has 0 fully saturated rings. The van der Waals surface area contributed by atoms with Gasteiger partial charge in [0.15, 0.2) is 0 Å². The van der Waals surface area contributed by atoms with Crippen molar-refractivity contribution in [2.45, 2.75) is 6.92 Å². The Morgan fingerprint density at radius 2 is 2.25 bits per heavy atom. The molecule has 3 heteroatoms. The van der Waals surface area contributed by atoms with E-state index in [0.29, 0.717) is 11.1 Å². The Balaban J connectivity index is 2.97. The van der Waals surface area contributed by atoms with Crippen LogP contribution in [0.1, 0.15) is 6.92 Å². The minimum absolute atomic E-state index is 0.125. The van der Waals surface area contributed by atoms with Crippen molar-refractivity contribution in [3.8, 4) is 0 Å². The first-order valence-electron chi connectivity index (χ1n) is 3.51. The first-order chi connectivity index (χ1) is 5.66. The van der Waals surface area contributed by atoms with E-state index in [1.165, 1.54) is 14.0 Å². The second-order valence-corrected chi connectivity index (χ2v) is 2.40. The second kappa shape index (κ2) is 3.26. The fraction of sp³-hybridized carbons (Fsp3) is 0.222. The standard InChI is InChI=1S/C9H10O3/c1-6(10)7-4-3-5-8(7)9(11)12-2/h3-5,10H,1-2H3/p-1/b7-6+. The van der Waals surface area contributed by atoms with E-state index in [4.69, 9.17) is 0 Å². The van der Waals surface area contributed by atoms with E-state index in [1.54, 1.807) is 18.2 Å². The van der Waals surface area contributed by atoms with Crippen LogP contribution in [0.4, 0.5) is 0 Å². The van der Waals surface area contributed by atoms with Gasteiger partial charge in [0.25, 0.3) is 0 Å². The van der Waals surface area contributed by atoms with Crippen molar-refractivity contribution in [3.05, 3.63) is 35.1 Å². The summed E-state index contributed by atoms with van der Waals surface area (Å²) in [6, 6.07) is 0. The summed E-state index contributed by atoms with van der Waals surface area (Å²) in [5.41, 5.74) is 0.756. The minimum Gasteiger partial charge on any atom is -0.875 e. The van der Waals surface area contributed by atoms with E-state index in [0.717, 1.165) is 0 Å². The van der Waals surface area contributed by atoms with Crippen molar-refractivity contribution in [1.29, 1.82) is 0 Å². The van der Waals surface area contributed by atoms with Crippen LogP contribution in [0.25, 0.3) is 0 Å². The molecule has 0 bridgehead atoms. The van der Waals surface area contributed by atoms with Gasteiger partial charge in [-0.1, -0.05) is 19.1 Å².